The minimum atomic E-state index is 0.189. The molecule has 5 heteroatoms. The average Bonchev–Trinajstić information content (AvgIpc) is 2.90. The van der Waals surface area contributed by atoms with Crippen molar-refractivity contribution in [3.05, 3.63) is 20.8 Å². The maximum atomic E-state index is 11.6. The zero-order valence-electron chi connectivity index (χ0n) is 9.67. The van der Waals surface area contributed by atoms with Gasteiger partial charge in [0.2, 0.25) is 5.91 Å². The average molecular weight is 317 g/mol. The molecule has 3 nitrogen and oxygen atoms in total. The van der Waals surface area contributed by atoms with Crippen molar-refractivity contribution in [3.8, 4) is 0 Å². The number of hydrogen-bond donors (Lipinski definition) is 2. The molecule has 0 saturated carbocycles. The number of nitrogens with one attached hydrogen (secondary N) is 2. The second-order valence-electron chi connectivity index (χ2n) is 4.37. The van der Waals surface area contributed by atoms with E-state index in [9.17, 15) is 4.79 Å². The highest BCUT2D eigenvalue weighted by Gasteiger charge is 2.17. The first kappa shape index (κ1) is 13.1. The first-order valence-corrected chi connectivity index (χ1v) is 7.56. The predicted molar refractivity (Wildman–Crippen MR) is 74.3 cm³/mol. The van der Waals surface area contributed by atoms with Crippen LogP contribution >= 0.6 is 27.3 Å². The number of amides is 1. The Morgan fingerprint density at radius 3 is 3.12 bits per heavy atom. The SMILES string of the molecule is O=C(CC1CCNC1)NCCc1ccc(Br)s1. The lowest BCUT2D eigenvalue weighted by atomic mass is 10.0. The second kappa shape index (κ2) is 6.52. The van der Waals surface area contributed by atoms with E-state index in [0.29, 0.717) is 12.3 Å². The van der Waals surface area contributed by atoms with Crippen LogP contribution in [0.5, 0.6) is 0 Å². The summed E-state index contributed by atoms with van der Waals surface area (Å²) in [6, 6.07) is 4.15. The maximum Gasteiger partial charge on any atom is 0.220 e. The van der Waals surface area contributed by atoms with E-state index in [1.807, 2.05) is 6.07 Å². The van der Waals surface area contributed by atoms with Gasteiger partial charge in [-0.3, -0.25) is 4.79 Å². The molecular formula is C12H17BrN2OS. The molecule has 0 radical (unpaired) electrons. The van der Waals surface area contributed by atoms with Crippen LogP contribution in [0.1, 0.15) is 17.7 Å². The molecule has 1 aromatic rings. The van der Waals surface area contributed by atoms with Crippen LogP contribution in [0.2, 0.25) is 0 Å². The lowest BCUT2D eigenvalue weighted by Gasteiger charge is -2.08. The van der Waals surface area contributed by atoms with Gasteiger partial charge < -0.3 is 10.6 Å². The van der Waals surface area contributed by atoms with Crippen molar-refractivity contribution in [1.29, 1.82) is 0 Å². The Morgan fingerprint density at radius 1 is 1.59 bits per heavy atom. The third-order valence-electron chi connectivity index (χ3n) is 2.96. The summed E-state index contributed by atoms with van der Waals surface area (Å²) >= 11 is 5.16. The maximum absolute atomic E-state index is 11.6. The summed E-state index contributed by atoms with van der Waals surface area (Å²) in [7, 11) is 0. The molecule has 2 N–H and O–H groups in total. The Kier molecular flexibility index (Phi) is 5.00. The zero-order valence-corrected chi connectivity index (χ0v) is 12.1. The van der Waals surface area contributed by atoms with Crippen molar-refractivity contribution in [2.75, 3.05) is 19.6 Å². The molecule has 1 atom stereocenters. The molecule has 0 bridgehead atoms. The van der Waals surface area contributed by atoms with Crippen molar-refractivity contribution in [2.45, 2.75) is 19.3 Å². The third kappa shape index (κ3) is 4.41. The van der Waals surface area contributed by atoms with E-state index in [-0.39, 0.29) is 5.91 Å². The van der Waals surface area contributed by atoms with Gasteiger partial charge in [-0.2, -0.15) is 0 Å². The van der Waals surface area contributed by atoms with Gasteiger partial charge >= 0.3 is 0 Å². The number of rotatable bonds is 5. The van der Waals surface area contributed by atoms with Gasteiger partial charge in [0.05, 0.1) is 3.79 Å². The van der Waals surface area contributed by atoms with Crippen LogP contribution in [0.25, 0.3) is 0 Å². The summed E-state index contributed by atoms with van der Waals surface area (Å²) in [4.78, 5) is 13.0. The molecule has 1 aliphatic heterocycles. The molecule has 0 aliphatic carbocycles. The molecule has 1 unspecified atom stereocenters. The van der Waals surface area contributed by atoms with Gasteiger partial charge in [-0.25, -0.2) is 0 Å². The monoisotopic (exact) mass is 316 g/mol. The van der Waals surface area contributed by atoms with E-state index in [1.165, 1.54) is 4.88 Å². The lowest BCUT2D eigenvalue weighted by Crippen LogP contribution is -2.28. The minimum Gasteiger partial charge on any atom is -0.356 e. The van der Waals surface area contributed by atoms with Crippen LogP contribution in [0, 0.1) is 5.92 Å². The zero-order chi connectivity index (χ0) is 12.1. The molecule has 1 aliphatic rings. The van der Waals surface area contributed by atoms with E-state index in [1.54, 1.807) is 11.3 Å². The smallest absolute Gasteiger partial charge is 0.220 e. The highest BCUT2D eigenvalue weighted by molar-refractivity contribution is 9.11. The highest BCUT2D eigenvalue weighted by atomic mass is 79.9. The molecule has 2 rings (SSSR count). The van der Waals surface area contributed by atoms with E-state index in [2.05, 4.69) is 32.6 Å². The Balaban J connectivity index is 1.62. The molecule has 0 aromatic carbocycles. The van der Waals surface area contributed by atoms with Gasteiger partial charge in [-0.15, -0.1) is 11.3 Å². The van der Waals surface area contributed by atoms with Gasteiger partial charge in [0.15, 0.2) is 0 Å². The number of thiophene rings is 1. The third-order valence-corrected chi connectivity index (χ3v) is 4.64. The number of halogens is 1. The Hall–Kier alpha value is -0.390. The first-order valence-electron chi connectivity index (χ1n) is 5.95. The van der Waals surface area contributed by atoms with Gasteiger partial charge in [-0.1, -0.05) is 0 Å². The van der Waals surface area contributed by atoms with Crippen LogP contribution < -0.4 is 10.6 Å². The second-order valence-corrected chi connectivity index (χ2v) is 6.92. The van der Waals surface area contributed by atoms with Gasteiger partial charge in [-0.05, 0) is 59.9 Å². The van der Waals surface area contributed by atoms with Gasteiger partial charge in [0.1, 0.15) is 0 Å². The lowest BCUT2D eigenvalue weighted by molar-refractivity contribution is -0.121. The Morgan fingerprint density at radius 2 is 2.47 bits per heavy atom. The summed E-state index contributed by atoms with van der Waals surface area (Å²) in [5.74, 6) is 0.722. The fraction of sp³-hybridized carbons (Fsp3) is 0.583. The van der Waals surface area contributed by atoms with Crippen LogP contribution in [0.3, 0.4) is 0 Å². The molecule has 1 saturated heterocycles. The Bertz CT molecular complexity index is 374. The molecular weight excluding hydrogens is 300 g/mol. The van der Waals surface area contributed by atoms with Crippen molar-refractivity contribution >= 4 is 33.2 Å². The molecule has 17 heavy (non-hydrogen) atoms. The fourth-order valence-electron chi connectivity index (χ4n) is 2.03. The van der Waals surface area contributed by atoms with E-state index < -0.39 is 0 Å². The van der Waals surface area contributed by atoms with E-state index in [4.69, 9.17) is 0 Å². The van der Waals surface area contributed by atoms with Gasteiger partial charge in [0, 0.05) is 17.8 Å². The standard InChI is InChI=1S/C12H17BrN2OS/c13-11-2-1-10(17-11)4-6-15-12(16)7-9-3-5-14-8-9/h1-2,9,14H,3-8H2,(H,15,16). The van der Waals surface area contributed by atoms with Crippen LogP contribution in [0.15, 0.2) is 15.9 Å². The number of carbonyl (C=O) groups excluding carboxylic acids is 1. The minimum absolute atomic E-state index is 0.189. The summed E-state index contributed by atoms with van der Waals surface area (Å²) in [5.41, 5.74) is 0. The van der Waals surface area contributed by atoms with Crippen LogP contribution in [0.4, 0.5) is 0 Å². The van der Waals surface area contributed by atoms with Crippen molar-refractivity contribution < 1.29 is 4.79 Å². The van der Waals surface area contributed by atoms with Crippen LogP contribution in [-0.4, -0.2) is 25.5 Å². The normalized spacial score (nSPS) is 19.5. The molecule has 2 heterocycles. The van der Waals surface area contributed by atoms with Crippen molar-refractivity contribution in [2.24, 2.45) is 5.92 Å². The quantitative estimate of drug-likeness (QED) is 0.874. The summed E-state index contributed by atoms with van der Waals surface area (Å²) in [6.07, 6.45) is 2.72. The first-order chi connectivity index (χ1) is 8.24. The topological polar surface area (TPSA) is 41.1 Å². The summed E-state index contributed by atoms with van der Waals surface area (Å²) in [5, 5.41) is 6.27. The fourth-order valence-corrected chi connectivity index (χ4v) is 3.52. The van der Waals surface area contributed by atoms with E-state index >= 15 is 0 Å². The number of hydrogen-bond acceptors (Lipinski definition) is 3. The Labute approximate surface area is 114 Å². The van der Waals surface area contributed by atoms with Gasteiger partial charge in [0.25, 0.3) is 0 Å². The molecule has 1 amide bonds. The number of carbonyl (C=O) groups is 1. The summed E-state index contributed by atoms with van der Waals surface area (Å²) < 4.78 is 1.15. The van der Waals surface area contributed by atoms with Crippen LogP contribution in [-0.2, 0) is 11.2 Å². The molecule has 1 fully saturated rings. The van der Waals surface area contributed by atoms with Crippen molar-refractivity contribution in [1.82, 2.24) is 10.6 Å². The molecule has 1 aromatic heterocycles. The van der Waals surface area contributed by atoms with Crippen molar-refractivity contribution in [3.63, 3.8) is 0 Å². The summed E-state index contributed by atoms with van der Waals surface area (Å²) in [6.45, 7) is 2.79. The predicted octanol–water partition coefficient (Wildman–Crippen LogP) is 2.17. The largest absolute Gasteiger partial charge is 0.356 e. The molecule has 0 spiro atoms. The van der Waals surface area contributed by atoms with E-state index in [0.717, 1.165) is 36.3 Å². The highest BCUT2D eigenvalue weighted by Crippen LogP contribution is 2.22. The molecule has 94 valence electrons.